The molecule has 0 aliphatic carbocycles. The monoisotopic (exact) mass is 694 g/mol. The first kappa shape index (κ1) is 30.1. The predicted molar refractivity (Wildman–Crippen MR) is 224 cm³/mol. The van der Waals surface area contributed by atoms with Gasteiger partial charge in [0.2, 0.25) is 0 Å². The van der Waals surface area contributed by atoms with Crippen LogP contribution in [0, 0.1) is 0 Å². The Balaban J connectivity index is 1.12. The number of fused-ring (bicyclic) bond motifs is 10. The summed E-state index contributed by atoms with van der Waals surface area (Å²) < 4.78 is 4.85. The van der Waals surface area contributed by atoms with Crippen molar-refractivity contribution in [1.82, 2.24) is 19.1 Å². The molecule has 0 saturated heterocycles. The summed E-state index contributed by atoms with van der Waals surface area (Å²) in [6.45, 7) is 4.84. The fourth-order valence-corrected chi connectivity index (χ4v) is 11.8. The lowest BCUT2D eigenvalue weighted by Gasteiger charge is -2.19. The number of rotatable bonds is 4. The lowest BCUT2D eigenvalue weighted by Crippen LogP contribution is -2.50. The summed E-state index contributed by atoms with van der Waals surface area (Å²) in [5, 5.41) is 7.65. The van der Waals surface area contributed by atoms with E-state index >= 15 is 0 Å². The number of hydrogen-bond acceptors (Lipinski definition) is 2. The standard InChI is InChI=1S/C48H34N4Si/c1-53(2)42-24-14-11-21-38(42)44-45(31-15-5-3-6-16-31)49-47(50-48(44)53)32-25-27-34(28-26-32)51-40-23-13-10-20-37(40)43-41(51)30-29-36-35-19-9-12-22-39(35)52(46(36)43)33-17-7-4-8-18-33/h3-30H,1-2H3. The van der Waals surface area contributed by atoms with Crippen LogP contribution in [0.15, 0.2) is 170 Å². The molecule has 1 aliphatic heterocycles. The van der Waals surface area contributed by atoms with Gasteiger partial charge in [0.25, 0.3) is 0 Å². The van der Waals surface area contributed by atoms with E-state index in [0.29, 0.717) is 0 Å². The van der Waals surface area contributed by atoms with Gasteiger partial charge in [0.1, 0.15) is 8.07 Å². The molecule has 1 aliphatic rings. The van der Waals surface area contributed by atoms with Crippen molar-refractivity contribution in [3.63, 3.8) is 0 Å². The summed E-state index contributed by atoms with van der Waals surface area (Å²) in [6, 6.07) is 61.2. The molecule has 0 unspecified atom stereocenters. The Hall–Kier alpha value is -6.56. The molecule has 0 spiro atoms. The highest BCUT2D eigenvalue weighted by Gasteiger charge is 2.41. The van der Waals surface area contributed by atoms with Crippen LogP contribution in [-0.2, 0) is 0 Å². The molecule has 7 aromatic carbocycles. The second kappa shape index (κ2) is 11.2. The van der Waals surface area contributed by atoms with Gasteiger partial charge in [0.15, 0.2) is 5.82 Å². The molecule has 11 rings (SSSR count). The lowest BCUT2D eigenvalue weighted by molar-refractivity contribution is 1.17. The second-order valence-corrected chi connectivity index (χ2v) is 18.9. The first-order valence-electron chi connectivity index (χ1n) is 18.3. The largest absolute Gasteiger partial charge is 0.309 e. The Morgan fingerprint density at radius 3 is 1.85 bits per heavy atom. The molecule has 0 radical (unpaired) electrons. The van der Waals surface area contributed by atoms with Gasteiger partial charge < -0.3 is 9.13 Å². The molecule has 0 N–H and O–H groups in total. The first-order valence-corrected chi connectivity index (χ1v) is 21.3. The van der Waals surface area contributed by atoms with Gasteiger partial charge in [-0.3, -0.25) is 0 Å². The minimum atomic E-state index is -2.05. The summed E-state index contributed by atoms with van der Waals surface area (Å²) in [7, 11) is -2.05. The normalized spacial score (nSPS) is 13.2. The minimum Gasteiger partial charge on any atom is -0.309 e. The van der Waals surface area contributed by atoms with Gasteiger partial charge in [-0.1, -0.05) is 128 Å². The third-order valence-electron chi connectivity index (χ3n) is 11.3. The Kier molecular flexibility index (Phi) is 6.37. The van der Waals surface area contributed by atoms with E-state index in [9.17, 15) is 0 Å². The molecule has 0 amide bonds. The number of para-hydroxylation sites is 3. The van der Waals surface area contributed by atoms with E-state index < -0.39 is 8.07 Å². The molecule has 4 nitrogen and oxygen atoms in total. The number of aromatic nitrogens is 4. The van der Waals surface area contributed by atoms with E-state index in [4.69, 9.17) is 9.97 Å². The molecule has 250 valence electrons. The van der Waals surface area contributed by atoms with Crippen molar-refractivity contribution in [1.29, 1.82) is 0 Å². The highest BCUT2D eigenvalue weighted by Crippen LogP contribution is 2.42. The Morgan fingerprint density at radius 1 is 0.453 bits per heavy atom. The highest BCUT2D eigenvalue weighted by atomic mass is 28.3. The van der Waals surface area contributed by atoms with E-state index in [1.807, 2.05) is 0 Å². The van der Waals surface area contributed by atoms with Gasteiger partial charge >= 0.3 is 0 Å². The van der Waals surface area contributed by atoms with Crippen molar-refractivity contribution in [2.45, 2.75) is 13.1 Å². The van der Waals surface area contributed by atoms with Crippen LogP contribution in [0.5, 0.6) is 0 Å². The summed E-state index contributed by atoms with van der Waals surface area (Å²) in [5.41, 5.74) is 12.7. The fourth-order valence-electron chi connectivity index (χ4n) is 8.87. The van der Waals surface area contributed by atoms with Crippen LogP contribution in [0.1, 0.15) is 0 Å². The molecule has 5 heteroatoms. The first-order chi connectivity index (χ1) is 26.1. The molecule has 10 aromatic rings. The van der Waals surface area contributed by atoms with Crippen LogP contribution in [-0.4, -0.2) is 27.2 Å². The molecule has 0 atom stereocenters. The van der Waals surface area contributed by atoms with E-state index in [0.717, 1.165) is 34.0 Å². The van der Waals surface area contributed by atoms with Crippen molar-refractivity contribution in [3.8, 4) is 45.1 Å². The zero-order valence-corrected chi connectivity index (χ0v) is 30.5. The van der Waals surface area contributed by atoms with Crippen molar-refractivity contribution in [2.24, 2.45) is 0 Å². The van der Waals surface area contributed by atoms with Crippen LogP contribution in [0.25, 0.3) is 88.8 Å². The summed E-state index contributed by atoms with van der Waals surface area (Å²) in [5.74, 6) is 0.777. The maximum absolute atomic E-state index is 5.40. The second-order valence-electron chi connectivity index (χ2n) is 14.6. The van der Waals surface area contributed by atoms with Crippen molar-refractivity contribution in [2.75, 3.05) is 0 Å². The van der Waals surface area contributed by atoms with E-state index in [1.54, 1.807) is 0 Å². The molecule has 0 fully saturated rings. The average Bonchev–Trinajstić information content (AvgIpc) is 3.82. The van der Waals surface area contributed by atoms with Crippen molar-refractivity contribution >= 4 is 62.2 Å². The molecule has 0 bridgehead atoms. The molecular formula is C48H34N4Si. The van der Waals surface area contributed by atoms with Gasteiger partial charge in [-0.15, -0.1) is 0 Å². The predicted octanol–water partition coefficient (Wildman–Crippen LogP) is 10.8. The van der Waals surface area contributed by atoms with Crippen LogP contribution in [0.2, 0.25) is 13.1 Å². The van der Waals surface area contributed by atoms with E-state index in [-0.39, 0.29) is 0 Å². The Bertz CT molecular complexity index is 3070. The third-order valence-corrected chi connectivity index (χ3v) is 14.6. The zero-order valence-electron chi connectivity index (χ0n) is 29.5. The molecule has 0 saturated carbocycles. The van der Waals surface area contributed by atoms with Crippen LogP contribution < -0.4 is 10.5 Å². The molecule has 53 heavy (non-hydrogen) atoms. The third kappa shape index (κ3) is 4.29. The number of hydrogen-bond donors (Lipinski definition) is 0. The maximum atomic E-state index is 5.40. The lowest BCUT2D eigenvalue weighted by atomic mass is 10.0. The maximum Gasteiger partial charge on any atom is 0.159 e. The Morgan fingerprint density at radius 2 is 1.08 bits per heavy atom. The van der Waals surface area contributed by atoms with E-state index in [1.165, 1.54) is 65.2 Å². The number of benzene rings is 7. The van der Waals surface area contributed by atoms with Crippen LogP contribution >= 0.6 is 0 Å². The van der Waals surface area contributed by atoms with Crippen LogP contribution in [0.4, 0.5) is 0 Å². The van der Waals surface area contributed by atoms with Gasteiger partial charge in [-0.25, -0.2) is 9.97 Å². The topological polar surface area (TPSA) is 35.6 Å². The highest BCUT2D eigenvalue weighted by molar-refractivity contribution is 7.03. The van der Waals surface area contributed by atoms with Gasteiger partial charge in [-0.05, 0) is 65.3 Å². The molecule has 4 heterocycles. The van der Waals surface area contributed by atoms with Gasteiger partial charge in [0, 0.05) is 54.9 Å². The van der Waals surface area contributed by atoms with Gasteiger partial charge in [-0.2, -0.15) is 0 Å². The number of nitrogens with zero attached hydrogens (tertiary/aromatic N) is 4. The fraction of sp³-hybridized carbons (Fsp3) is 0.0417. The minimum absolute atomic E-state index is 0.777. The summed E-state index contributed by atoms with van der Waals surface area (Å²) in [4.78, 5) is 10.7. The smallest absolute Gasteiger partial charge is 0.159 e. The van der Waals surface area contributed by atoms with E-state index in [2.05, 4.69) is 192 Å². The van der Waals surface area contributed by atoms with Crippen LogP contribution in [0.3, 0.4) is 0 Å². The average molecular weight is 695 g/mol. The van der Waals surface area contributed by atoms with Crippen molar-refractivity contribution < 1.29 is 0 Å². The van der Waals surface area contributed by atoms with Crippen molar-refractivity contribution in [3.05, 3.63) is 170 Å². The van der Waals surface area contributed by atoms with Gasteiger partial charge in [0.05, 0.1) is 27.8 Å². The molecule has 3 aromatic heterocycles. The SMILES string of the molecule is C[Si]1(C)c2ccccc2-c2c(-c3ccccc3)nc(-c3ccc(-n4c5ccccc5c5c4ccc4c6ccccc6n(-c6ccccc6)c45)cc3)nc21. The Labute approximate surface area is 308 Å². The molecular weight excluding hydrogens is 661 g/mol. The quantitative estimate of drug-likeness (QED) is 0.172. The summed E-state index contributed by atoms with van der Waals surface area (Å²) in [6.07, 6.45) is 0. The zero-order chi connectivity index (χ0) is 35.3. The summed E-state index contributed by atoms with van der Waals surface area (Å²) >= 11 is 0.